The lowest BCUT2D eigenvalue weighted by Crippen LogP contribution is -2.25. The number of rotatable bonds is 2. The summed E-state index contributed by atoms with van der Waals surface area (Å²) < 4.78 is 2.99. The van der Waals surface area contributed by atoms with Gasteiger partial charge in [-0.3, -0.25) is 13.9 Å². The monoisotopic (exact) mass is 324 g/mol. The maximum atomic E-state index is 12.6. The zero-order valence-electron chi connectivity index (χ0n) is 12.9. The summed E-state index contributed by atoms with van der Waals surface area (Å²) in [5.41, 5.74) is 1.10. The van der Waals surface area contributed by atoms with E-state index in [1.54, 1.807) is 14.1 Å². The minimum Gasteiger partial charge on any atom is -0.494 e. The molecule has 3 rings (SSSR count). The van der Waals surface area contributed by atoms with Crippen molar-refractivity contribution in [2.24, 2.45) is 14.1 Å². The first-order valence-electron chi connectivity index (χ1n) is 7.10. The van der Waals surface area contributed by atoms with Gasteiger partial charge in [-0.2, -0.15) is 0 Å². The molecule has 0 fully saturated rings. The number of fused-ring (bicyclic) bond motifs is 1. The van der Waals surface area contributed by atoms with Crippen molar-refractivity contribution in [3.8, 4) is 5.88 Å². The number of hydrogen-bond acceptors (Lipinski definition) is 3. The van der Waals surface area contributed by atoms with E-state index in [-0.39, 0.29) is 21.8 Å². The molecule has 4 nitrogen and oxygen atoms in total. The van der Waals surface area contributed by atoms with Gasteiger partial charge in [-0.25, -0.2) is 0 Å². The van der Waals surface area contributed by atoms with E-state index < -0.39 is 0 Å². The van der Waals surface area contributed by atoms with Crippen molar-refractivity contribution in [1.29, 1.82) is 0 Å². The predicted molar refractivity (Wildman–Crippen MR) is 95.2 cm³/mol. The Kier molecular flexibility index (Phi) is 3.66. The molecule has 0 atom stereocenters. The molecule has 0 saturated carbocycles. The SMILES string of the molecule is C=C(c1c(O)n(C)c(=S)n(C)c1=O)c1cccc2ccccc12. The zero-order chi connectivity index (χ0) is 16.7. The van der Waals surface area contributed by atoms with E-state index in [1.165, 1.54) is 9.13 Å². The Labute approximate surface area is 138 Å². The third-order valence-electron chi connectivity index (χ3n) is 4.05. The Bertz CT molecular complexity index is 1060. The molecule has 0 aliphatic rings. The number of hydrogen-bond donors (Lipinski definition) is 1. The van der Waals surface area contributed by atoms with Crippen molar-refractivity contribution in [2.75, 3.05) is 0 Å². The van der Waals surface area contributed by atoms with Crippen molar-refractivity contribution in [3.63, 3.8) is 0 Å². The quantitative estimate of drug-likeness (QED) is 0.735. The van der Waals surface area contributed by atoms with E-state index in [0.29, 0.717) is 5.57 Å². The summed E-state index contributed by atoms with van der Waals surface area (Å²) in [6.07, 6.45) is 0. The van der Waals surface area contributed by atoms with Crippen molar-refractivity contribution >= 4 is 28.6 Å². The second-order valence-corrected chi connectivity index (χ2v) is 5.77. The Morgan fingerprint density at radius 3 is 2.48 bits per heavy atom. The van der Waals surface area contributed by atoms with E-state index in [1.807, 2.05) is 42.5 Å². The largest absolute Gasteiger partial charge is 0.494 e. The van der Waals surface area contributed by atoms with E-state index in [4.69, 9.17) is 12.2 Å². The third kappa shape index (κ3) is 2.29. The highest BCUT2D eigenvalue weighted by molar-refractivity contribution is 7.71. The number of aromatic nitrogens is 2. The van der Waals surface area contributed by atoms with Gasteiger partial charge in [0.1, 0.15) is 5.56 Å². The van der Waals surface area contributed by atoms with Gasteiger partial charge in [0.15, 0.2) is 4.77 Å². The molecule has 2 aromatic carbocycles. The summed E-state index contributed by atoms with van der Waals surface area (Å²) in [6, 6.07) is 13.7. The van der Waals surface area contributed by atoms with Gasteiger partial charge in [-0.15, -0.1) is 0 Å². The van der Waals surface area contributed by atoms with Crippen LogP contribution in [0.15, 0.2) is 53.8 Å². The minimum absolute atomic E-state index is 0.167. The highest BCUT2D eigenvalue weighted by Crippen LogP contribution is 2.30. The molecule has 0 radical (unpaired) electrons. The second-order valence-electron chi connectivity index (χ2n) is 5.41. The van der Waals surface area contributed by atoms with Crippen molar-refractivity contribution in [1.82, 2.24) is 9.13 Å². The molecule has 23 heavy (non-hydrogen) atoms. The minimum atomic E-state index is -0.358. The van der Waals surface area contributed by atoms with Crippen molar-refractivity contribution < 1.29 is 5.11 Å². The van der Waals surface area contributed by atoms with Crippen LogP contribution in [0.1, 0.15) is 11.1 Å². The molecular weight excluding hydrogens is 308 g/mol. The first-order valence-corrected chi connectivity index (χ1v) is 7.50. The van der Waals surface area contributed by atoms with Gasteiger partial charge in [0.2, 0.25) is 5.88 Å². The summed E-state index contributed by atoms with van der Waals surface area (Å²) in [6.45, 7) is 4.06. The van der Waals surface area contributed by atoms with Crippen LogP contribution in [0.3, 0.4) is 0 Å². The summed E-state index contributed by atoms with van der Waals surface area (Å²) in [5.74, 6) is -0.170. The normalized spacial score (nSPS) is 10.9. The van der Waals surface area contributed by atoms with Gasteiger partial charge in [0.05, 0.1) is 0 Å². The van der Waals surface area contributed by atoms with Gasteiger partial charge in [0.25, 0.3) is 5.56 Å². The lowest BCUT2D eigenvalue weighted by atomic mass is 9.95. The molecule has 0 unspecified atom stereocenters. The molecule has 0 aliphatic heterocycles. The highest BCUT2D eigenvalue weighted by atomic mass is 32.1. The summed E-state index contributed by atoms with van der Waals surface area (Å²) >= 11 is 5.15. The van der Waals surface area contributed by atoms with E-state index >= 15 is 0 Å². The molecule has 0 amide bonds. The molecule has 0 spiro atoms. The van der Waals surface area contributed by atoms with Gasteiger partial charge < -0.3 is 5.11 Å². The first kappa shape index (κ1) is 15.2. The second kappa shape index (κ2) is 5.52. The Hall–Kier alpha value is -2.66. The van der Waals surface area contributed by atoms with Crippen molar-refractivity contribution in [2.45, 2.75) is 0 Å². The van der Waals surface area contributed by atoms with E-state index in [9.17, 15) is 9.90 Å². The third-order valence-corrected chi connectivity index (χ3v) is 4.60. The molecule has 1 N–H and O–H groups in total. The molecule has 1 aromatic heterocycles. The molecule has 116 valence electrons. The van der Waals surface area contributed by atoms with Crippen LogP contribution in [0.5, 0.6) is 5.88 Å². The van der Waals surface area contributed by atoms with Crippen LogP contribution in [0.4, 0.5) is 0 Å². The number of benzene rings is 2. The Morgan fingerprint density at radius 1 is 1.09 bits per heavy atom. The maximum Gasteiger partial charge on any atom is 0.265 e. The predicted octanol–water partition coefficient (Wildman–Crippen LogP) is 3.37. The standard InChI is InChI=1S/C18H16N2O2S/c1-11(13-10-6-8-12-7-4-5-9-14(12)13)15-16(21)19(2)18(23)20(3)17(15)22/h4-10,21H,1H2,2-3H3. The van der Waals surface area contributed by atoms with Crippen LogP contribution in [0.2, 0.25) is 0 Å². The zero-order valence-corrected chi connectivity index (χ0v) is 13.7. The number of aromatic hydroxyl groups is 1. The molecule has 3 aromatic rings. The fourth-order valence-corrected chi connectivity index (χ4v) is 2.89. The first-order chi connectivity index (χ1) is 10.9. The van der Waals surface area contributed by atoms with Crippen LogP contribution in [0, 0.1) is 4.77 Å². The lowest BCUT2D eigenvalue weighted by molar-refractivity contribution is 0.414. The molecule has 0 aliphatic carbocycles. The molecular formula is C18H16N2O2S. The summed E-state index contributed by atoms with van der Waals surface area (Å²) in [7, 11) is 3.21. The lowest BCUT2D eigenvalue weighted by Gasteiger charge is -2.15. The topological polar surface area (TPSA) is 47.2 Å². The number of nitrogens with zero attached hydrogens (tertiary/aromatic N) is 2. The highest BCUT2D eigenvalue weighted by Gasteiger charge is 2.18. The van der Waals surface area contributed by atoms with Crippen LogP contribution < -0.4 is 5.56 Å². The van der Waals surface area contributed by atoms with Crippen LogP contribution >= 0.6 is 12.2 Å². The molecule has 0 bridgehead atoms. The van der Waals surface area contributed by atoms with Gasteiger partial charge in [-0.1, -0.05) is 49.0 Å². The molecule has 0 saturated heterocycles. The fraction of sp³-hybridized carbons (Fsp3) is 0.111. The average Bonchev–Trinajstić information content (AvgIpc) is 2.57. The van der Waals surface area contributed by atoms with Crippen LogP contribution in [-0.4, -0.2) is 14.2 Å². The van der Waals surface area contributed by atoms with Crippen molar-refractivity contribution in [3.05, 3.63) is 75.3 Å². The smallest absolute Gasteiger partial charge is 0.265 e. The Morgan fingerprint density at radius 2 is 1.74 bits per heavy atom. The maximum absolute atomic E-state index is 12.6. The average molecular weight is 324 g/mol. The van der Waals surface area contributed by atoms with Crippen LogP contribution in [0.25, 0.3) is 16.3 Å². The van der Waals surface area contributed by atoms with E-state index in [0.717, 1.165) is 16.3 Å². The summed E-state index contributed by atoms with van der Waals surface area (Å²) in [4.78, 5) is 12.6. The van der Waals surface area contributed by atoms with E-state index in [2.05, 4.69) is 6.58 Å². The fourth-order valence-electron chi connectivity index (χ4n) is 2.72. The molecule has 1 heterocycles. The molecule has 5 heteroatoms. The van der Waals surface area contributed by atoms with Gasteiger partial charge in [0, 0.05) is 14.1 Å². The Balaban J connectivity index is 2.34. The van der Waals surface area contributed by atoms with Crippen LogP contribution in [-0.2, 0) is 14.1 Å². The van der Waals surface area contributed by atoms with Gasteiger partial charge in [-0.05, 0) is 34.1 Å². The van der Waals surface area contributed by atoms with Gasteiger partial charge >= 0.3 is 0 Å². The summed E-state index contributed by atoms with van der Waals surface area (Å²) in [5, 5.41) is 12.4.